The van der Waals surface area contributed by atoms with Crippen LogP contribution in [0.5, 0.6) is 6.01 Å². The molecule has 1 heterocycles. The summed E-state index contributed by atoms with van der Waals surface area (Å²) in [4.78, 5) is 20.7. The van der Waals surface area contributed by atoms with Crippen molar-refractivity contribution >= 4 is 17.5 Å². The topological polar surface area (TPSA) is 64.1 Å². The summed E-state index contributed by atoms with van der Waals surface area (Å²) >= 11 is 5.79. The van der Waals surface area contributed by atoms with Crippen LogP contribution in [0.15, 0.2) is 12.4 Å². The zero-order chi connectivity index (χ0) is 18.5. The minimum absolute atomic E-state index is 0.116. The predicted molar refractivity (Wildman–Crippen MR) is 102 cm³/mol. The van der Waals surface area contributed by atoms with E-state index >= 15 is 0 Å². The Labute approximate surface area is 161 Å². The van der Waals surface area contributed by atoms with Gasteiger partial charge >= 0.3 is 6.01 Å². The number of aromatic nitrogens is 2. The van der Waals surface area contributed by atoms with Crippen LogP contribution in [-0.4, -0.2) is 28.0 Å². The van der Waals surface area contributed by atoms with Gasteiger partial charge in [0.15, 0.2) is 0 Å². The number of carbonyl (C=O) groups is 1. The maximum Gasteiger partial charge on any atom is 0.316 e. The Morgan fingerprint density at radius 3 is 2.27 bits per heavy atom. The minimum atomic E-state index is 0.116. The van der Waals surface area contributed by atoms with E-state index in [0.717, 1.165) is 50.4 Å². The molecule has 26 heavy (non-hydrogen) atoms. The van der Waals surface area contributed by atoms with Gasteiger partial charge in [-0.1, -0.05) is 25.4 Å². The normalized spacial score (nSPS) is 29.4. The van der Waals surface area contributed by atoms with Crippen molar-refractivity contribution in [3.8, 4) is 6.01 Å². The average Bonchev–Trinajstić information content (AvgIpc) is 2.65. The van der Waals surface area contributed by atoms with E-state index in [1.165, 1.54) is 12.8 Å². The molecule has 1 aromatic rings. The van der Waals surface area contributed by atoms with Crippen molar-refractivity contribution in [2.45, 2.75) is 77.4 Å². The van der Waals surface area contributed by atoms with Crippen molar-refractivity contribution in [1.82, 2.24) is 15.3 Å². The molecule has 0 atom stereocenters. The van der Waals surface area contributed by atoms with Gasteiger partial charge in [-0.05, 0) is 63.2 Å². The Morgan fingerprint density at radius 2 is 1.69 bits per heavy atom. The van der Waals surface area contributed by atoms with Gasteiger partial charge in [0.25, 0.3) is 0 Å². The molecule has 0 aromatic carbocycles. The molecule has 0 aliphatic heterocycles. The zero-order valence-corrected chi connectivity index (χ0v) is 16.5. The first-order chi connectivity index (χ1) is 12.5. The van der Waals surface area contributed by atoms with E-state index in [4.69, 9.17) is 16.3 Å². The molecule has 0 saturated heterocycles. The SMILES string of the molecule is CC(C)C1CCC(C(=O)NC2CCC(Oc3ncc(Cl)cn3)CC2)CC1. The summed E-state index contributed by atoms with van der Waals surface area (Å²) in [6, 6.07) is 0.653. The number of hydrogen-bond donors (Lipinski definition) is 1. The van der Waals surface area contributed by atoms with Crippen LogP contribution in [-0.2, 0) is 4.79 Å². The second kappa shape index (κ2) is 9.03. The van der Waals surface area contributed by atoms with Crippen LogP contribution in [0.1, 0.15) is 65.2 Å². The second-order valence-corrected chi connectivity index (χ2v) is 8.58. The first-order valence-corrected chi connectivity index (χ1v) is 10.3. The largest absolute Gasteiger partial charge is 0.460 e. The van der Waals surface area contributed by atoms with Crippen molar-refractivity contribution in [1.29, 1.82) is 0 Å². The predicted octanol–water partition coefficient (Wildman–Crippen LogP) is 4.40. The third-order valence-corrected chi connectivity index (χ3v) is 6.17. The molecular formula is C20H30ClN3O2. The molecule has 2 saturated carbocycles. The van der Waals surface area contributed by atoms with Crippen molar-refractivity contribution in [3.63, 3.8) is 0 Å². The number of nitrogens with one attached hydrogen (secondary N) is 1. The van der Waals surface area contributed by atoms with Crippen LogP contribution < -0.4 is 10.1 Å². The van der Waals surface area contributed by atoms with Gasteiger partial charge in [0.2, 0.25) is 5.91 Å². The number of amides is 1. The maximum atomic E-state index is 12.6. The molecule has 3 rings (SSSR count). The highest BCUT2D eigenvalue weighted by Gasteiger charge is 2.30. The number of rotatable bonds is 5. The van der Waals surface area contributed by atoms with Crippen molar-refractivity contribution in [2.75, 3.05) is 0 Å². The van der Waals surface area contributed by atoms with Crippen LogP contribution >= 0.6 is 11.6 Å². The van der Waals surface area contributed by atoms with E-state index in [9.17, 15) is 4.79 Å². The van der Waals surface area contributed by atoms with Crippen LogP contribution in [0.2, 0.25) is 5.02 Å². The van der Waals surface area contributed by atoms with Crippen LogP contribution in [0.4, 0.5) is 0 Å². The fourth-order valence-corrected chi connectivity index (χ4v) is 4.30. The molecule has 1 aromatic heterocycles. The molecule has 0 radical (unpaired) electrons. The highest BCUT2D eigenvalue weighted by Crippen LogP contribution is 2.33. The molecule has 0 unspecified atom stereocenters. The second-order valence-electron chi connectivity index (χ2n) is 8.14. The molecule has 2 aliphatic carbocycles. The van der Waals surface area contributed by atoms with Gasteiger partial charge in [-0.25, -0.2) is 9.97 Å². The summed E-state index contributed by atoms with van der Waals surface area (Å²) in [5, 5.41) is 3.79. The minimum Gasteiger partial charge on any atom is -0.460 e. The highest BCUT2D eigenvalue weighted by molar-refractivity contribution is 6.30. The fourth-order valence-electron chi connectivity index (χ4n) is 4.20. The molecule has 6 heteroatoms. The van der Waals surface area contributed by atoms with Gasteiger partial charge in [0, 0.05) is 12.0 Å². The van der Waals surface area contributed by atoms with Gasteiger partial charge < -0.3 is 10.1 Å². The maximum absolute atomic E-state index is 12.6. The van der Waals surface area contributed by atoms with Gasteiger partial charge in [0.1, 0.15) is 6.10 Å². The van der Waals surface area contributed by atoms with Crippen molar-refractivity contribution < 1.29 is 9.53 Å². The smallest absolute Gasteiger partial charge is 0.316 e. The van der Waals surface area contributed by atoms with Crippen LogP contribution in [0, 0.1) is 17.8 Å². The Morgan fingerprint density at radius 1 is 1.08 bits per heavy atom. The molecule has 144 valence electrons. The number of carbonyl (C=O) groups excluding carboxylic acids is 1. The summed E-state index contributed by atoms with van der Waals surface area (Å²) in [6.07, 6.45) is 11.4. The molecule has 5 nitrogen and oxygen atoms in total. The number of nitrogens with zero attached hydrogens (tertiary/aromatic N) is 2. The van der Waals surface area contributed by atoms with Gasteiger partial charge in [-0.2, -0.15) is 0 Å². The Hall–Kier alpha value is -1.36. The molecule has 2 fully saturated rings. The van der Waals surface area contributed by atoms with E-state index in [-0.39, 0.29) is 24.0 Å². The van der Waals surface area contributed by atoms with Crippen LogP contribution in [0.3, 0.4) is 0 Å². The van der Waals surface area contributed by atoms with E-state index in [1.54, 1.807) is 12.4 Å². The Bertz CT molecular complexity index is 577. The third-order valence-electron chi connectivity index (χ3n) is 5.97. The van der Waals surface area contributed by atoms with E-state index in [0.29, 0.717) is 11.0 Å². The standard InChI is InChI=1S/C20H30ClN3O2/c1-13(2)14-3-5-15(6-4-14)19(25)24-17-7-9-18(10-8-17)26-20-22-11-16(21)12-23-20/h11-15,17-18H,3-10H2,1-2H3,(H,24,25). The number of halogens is 1. The van der Waals surface area contributed by atoms with Gasteiger partial charge in [-0.3, -0.25) is 4.79 Å². The monoisotopic (exact) mass is 379 g/mol. The number of hydrogen-bond acceptors (Lipinski definition) is 4. The van der Waals surface area contributed by atoms with Gasteiger partial charge in [-0.15, -0.1) is 0 Å². The molecule has 1 N–H and O–H groups in total. The molecule has 0 spiro atoms. The highest BCUT2D eigenvalue weighted by atomic mass is 35.5. The Kier molecular flexibility index (Phi) is 6.74. The summed E-state index contributed by atoms with van der Waals surface area (Å²) in [7, 11) is 0. The quantitative estimate of drug-likeness (QED) is 0.823. The Balaban J connectivity index is 1.38. The lowest BCUT2D eigenvalue weighted by Gasteiger charge is -2.33. The third kappa shape index (κ3) is 5.32. The number of ether oxygens (including phenoxy) is 1. The van der Waals surface area contributed by atoms with Crippen LogP contribution in [0.25, 0.3) is 0 Å². The van der Waals surface area contributed by atoms with E-state index in [2.05, 4.69) is 29.1 Å². The van der Waals surface area contributed by atoms with Crippen molar-refractivity contribution in [3.05, 3.63) is 17.4 Å². The zero-order valence-electron chi connectivity index (χ0n) is 15.8. The lowest BCUT2D eigenvalue weighted by Crippen LogP contribution is -2.43. The fraction of sp³-hybridized carbons (Fsp3) is 0.750. The lowest BCUT2D eigenvalue weighted by molar-refractivity contribution is -0.127. The summed E-state index contributed by atoms with van der Waals surface area (Å²) in [5.74, 6) is 2.00. The molecule has 0 bridgehead atoms. The summed E-state index contributed by atoms with van der Waals surface area (Å²) in [6.45, 7) is 4.58. The summed E-state index contributed by atoms with van der Waals surface area (Å²) in [5.41, 5.74) is 0. The first-order valence-electron chi connectivity index (χ1n) is 9.96. The van der Waals surface area contributed by atoms with Gasteiger partial charge in [0.05, 0.1) is 17.4 Å². The first kappa shape index (κ1) is 19.4. The molecule has 1 amide bonds. The molecule has 2 aliphatic rings. The lowest BCUT2D eigenvalue weighted by atomic mass is 9.76. The summed E-state index contributed by atoms with van der Waals surface area (Å²) < 4.78 is 5.82. The van der Waals surface area contributed by atoms with E-state index in [1.807, 2.05) is 0 Å². The average molecular weight is 380 g/mol. The van der Waals surface area contributed by atoms with Crippen molar-refractivity contribution in [2.24, 2.45) is 17.8 Å². The van der Waals surface area contributed by atoms with E-state index < -0.39 is 0 Å². The molecular weight excluding hydrogens is 350 g/mol.